The zero-order valence-electron chi connectivity index (χ0n) is 19.2. The first-order valence-electron chi connectivity index (χ1n) is 10.9. The topological polar surface area (TPSA) is 94.5 Å². The zero-order valence-corrected chi connectivity index (χ0v) is 20.0. The normalized spacial score (nSPS) is 11.6. The summed E-state index contributed by atoms with van der Waals surface area (Å²) in [6.45, 7) is 3.50. The van der Waals surface area contributed by atoms with Gasteiger partial charge in [0, 0.05) is 28.9 Å². The molecule has 0 aliphatic carbocycles. The summed E-state index contributed by atoms with van der Waals surface area (Å²) in [5.74, 6) is -1.16. The van der Waals surface area contributed by atoms with E-state index in [9.17, 15) is 18.0 Å². The Morgan fingerprint density at radius 2 is 1.65 bits per heavy atom. The molecule has 0 radical (unpaired) electrons. The summed E-state index contributed by atoms with van der Waals surface area (Å²) in [6.07, 6.45) is 2.25. The van der Waals surface area contributed by atoms with Crippen LogP contribution in [0.2, 0.25) is 0 Å². The van der Waals surface area contributed by atoms with Crippen molar-refractivity contribution in [3.63, 3.8) is 0 Å². The van der Waals surface area contributed by atoms with Crippen LogP contribution in [0.4, 0.5) is 0 Å². The van der Waals surface area contributed by atoms with Crippen molar-refractivity contribution in [1.82, 2.24) is 9.29 Å². The van der Waals surface area contributed by atoms with Gasteiger partial charge >= 0.3 is 5.97 Å². The minimum absolute atomic E-state index is 0.334. The Bertz CT molecular complexity index is 1260. The second-order valence-electron chi connectivity index (χ2n) is 7.84. The second-order valence-corrected chi connectivity index (χ2v) is 9.49. The Balaban J connectivity index is 1.50. The molecule has 1 aromatic heterocycles. The fourth-order valence-electron chi connectivity index (χ4n) is 3.53. The molecule has 0 aliphatic rings. The molecule has 0 bridgehead atoms. The van der Waals surface area contributed by atoms with Crippen molar-refractivity contribution < 1.29 is 22.7 Å². The molecule has 8 heteroatoms. The van der Waals surface area contributed by atoms with Crippen molar-refractivity contribution in [3.8, 4) is 0 Å². The fourth-order valence-corrected chi connectivity index (χ4v) is 4.28. The molecule has 3 aromatic rings. The summed E-state index contributed by atoms with van der Waals surface area (Å²) in [5, 5.41) is 0.977. The fraction of sp³-hybridized carbons (Fsp3) is 0.231. The summed E-state index contributed by atoms with van der Waals surface area (Å²) in [7, 11) is -3.82. The Morgan fingerprint density at radius 3 is 2.32 bits per heavy atom. The lowest BCUT2D eigenvalue weighted by Crippen LogP contribution is -2.30. The lowest BCUT2D eigenvalue weighted by atomic mass is 10.1. The SMILES string of the molecule is Cc1cc(C(=O)COC(=O)CNS(=O)(=O)/C=C/c2ccccc2)c(C)n1CCc1ccccc1. The number of carbonyl (C=O) groups excluding carboxylic acids is 2. The molecule has 0 spiro atoms. The van der Waals surface area contributed by atoms with Gasteiger partial charge in [0.25, 0.3) is 0 Å². The van der Waals surface area contributed by atoms with Crippen molar-refractivity contribution in [2.75, 3.05) is 13.2 Å². The number of nitrogens with one attached hydrogen (secondary N) is 1. The van der Waals surface area contributed by atoms with Crippen molar-refractivity contribution in [2.45, 2.75) is 26.8 Å². The number of aromatic nitrogens is 1. The van der Waals surface area contributed by atoms with Gasteiger partial charge < -0.3 is 9.30 Å². The largest absolute Gasteiger partial charge is 0.456 e. The van der Waals surface area contributed by atoms with Crippen LogP contribution in [0.15, 0.2) is 72.1 Å². The predicted molar refractivity (Wildman–Crippen MR) is 132 cm³/mol. The van der Waals surface area contributed by atoms with E-state index in [1.165, 1.54) is 11.6 Å². The number of rotatable bonds is 11. The molecule has 178 valence electrons. The number of hydrogen-bond donors (Lipinski definition) is 1. The lowest BCUT2D eigenvalue weighted by Gasteiger charge is -2.10. The molecule has 0 aliphatic heterocycles. The maximum Gasteiger partial charge on any atom is 0.321 e. The third-order valence-corrected chi connectivity index (χ3v) is 6.40. The molecule has 1 N–H and O–H groups in total. The predicted octanol–water partition coefficient (Wildman–Crippen LogP) is 3.66. The number of esters is 1. The number of Topliss-reactive ketones (excluding diaryl/α,β-unsaturated/α-hetero) is 1. The van der Waals surface area contributed by atoms with E-state index < -0.39 is 29.1 Å². The van der Waals surface area contributed by atoms with Gasteiger partial charge in [0.15, 0.2) is 6.61 Å². The first-order valence-corrected chi connectivity index (χ1v) is 12.4. The van der Waals surface area contributed by atoms with E-state index in [2.05, 4.69) is 21.4 Å². The van der Waals surface area contributed by atoms with Gasteiger partial charge in [-0.2, -0.15) is 0 Å². The van der Waals surface area contributed by atoms with Crippen molar-refractivity contribution >= 4 is 27.9 Å². The standard InChI is InChI=1S/C26H28N2O5S/c1-20-17-24(21(2)28(20)15-13-22-9-5-3-6-10-22)25(29)19-33-26(30)18-27-34(31,32)16-14-23-11-7-4-8-12-23/h3-12,14,16-17,27H,13,15,18-19H2,1-2H3/b16-14+. The Kier molecular flexibility index (Phi) is 8.56. The van der Waals surface area contributed by atoms with Crippen molar-refractivity contribution in [3.05, 3.63) is 100 Å². The summed E-state index contributed by atoms with van der Waals surface area (Å²) in [5.41, 5.74) is 4.16. The highest BCUT2D eigenvalue weighted by Crippen LogP contribution is 2.17. The van der Waals surface area contributed by atoms with Crippen LogP contribution in [-0.4, -0.2) is 37.9 Å². The summed E-state index contributed by atoms with van der Waals surface area (Å²) >= 11 is 0. The number of ether oxygens (including phenoxy) is 1. The monoisotopic (exact) mass is 480 g/mol. The lowest BCUT2D eigenvalue weighted by molar-refractivity contribution is -0.141. The van der Waals surface area contributed by atoms with Crippen LogP contribution in [0.5, 0.6) is 0 Å². The highest BCUT2D eigenvalue weighted by Gasteiger charge is 2.18. The van der Waals surface area contributed by atoms with Crippen LogP contribution < -0.4 is 4.72 Å². The minimum Gasteiger partial charge on any atom is -0.456 e. The second kappa shape index (κ2) is 11.6. The summed E-state index contributed by atoms with van der Waals surface area (Å²) in [4.78, 5) is 24.6. The molecule has 2 aromatic carbocycles. The maximum absolute atomic E-state index is 12.6. The van der Waals surface area contributed by atoms with E-state index in [1.807, 2.05) is 38.1 Å². The molecule has 1 heterocycles. The van der Waals surface area contributed by atoms with Gasteiger partial charge in [-0.05, 0) is 43.5 Å². The Hall–Kier alpha value is -3.49. The summed E-state index contributed by atoms with van der Waals surface area (Å²) in [6, 6.07) is 20.8. The third-order valence-electron chi connectivity index (χ3n) is 5.36. The van der Waals surface area contributed by atoms with Gasteiger partial charge in [-0.15, -0.1) is 0 Å². The first-order chi connectivity index (χ1) is 16.2. The van der Waals surface area contributed by atoms with E-state index in [-0.39, 0.29) is 5.78 Å². The van der Waals surface area contributed by atoms with Gasteiger partial charge in [0.2, 0.25) is 15.8 Å². The van der Waals surface area contributed by atoms with Gasteiger partial charge in [0.1, 0.15) is 6.54 Å². The average Bonchev–Trinajstić information content (AvgIpc) is 3.13. The van der Waals surface area contributed by atoms with E-state index >= 15 is 0 Å². The highest BCUT2D eigenvalue weighted by molar-refractivity contribution is 7.92. The van der Waals surface area contributed by atoms with E-state index in [1.54, 1.807) is 30.3 Å². The van der Waals surface area contributed by atoms with Crippen LogP contribution >= 0.6 is 0 Å². The molecule has 0 amide bonds. The van der Waals surface area contributed by atoms with Gasteiger partial charge in [0.05, 0.1) is 0 Å². The minimum atomic E-state index is -3.82. The van der Waals surface area contributed by atoms with E-state index in [0.717, 1.165) is 29.8 Å². The Morgan fingerprint density at radius 1 is 1.00 bits per heavy atom. The molecule has 34 heavy (non-hydrogen) atoms. The number of benzene rings is 2. The smallest absolute Gasteiger partial charge is 0.321 e. The molecule has 3 rings (SSSR count). The van der Waals surface area contributed by atoms with Crippen LogP contribution in [-0.2, 0) is 32.5 Å². The molecule has 0 saturated heterocycles. The van der Waals surface area contributed by atoms with Gasteiger partial charge in [-0.1, -0.05) is 60.7 Å². The molecular formula is C26H28N2O5S. The molecule has 7 nitrogen and oxygen atoms in total. The highest BCUT2D eigenvalue weighted by atomic mass is 32.2. The van der Waals surface area contributed by atoms with E-state index in [4.69, 9.17) is 4.74 Å². The average molecular weight is 481 g/mol. The first kappa shape index (κ1) is 25.1. The van der Waals surface area contributed by atoms with Crippen molar-refractivity contribution in [1.29, 1.82) is 0 Å². The third kappa shape index (κ3) is 7.26. The Labute approximate surface area is 200 Å². The van der Waals surface area contributed by atoms with Crippen LogP contribution in [0, 0.1) is 13.8 Å². The maximum atomic E-state index is 12.6. The zero-order chi connectivity index (χ0) is 24.6. The number of carbonyl (C=O) groups is 2. The number of ketones is 1. The van der Waals surface area contributed by atoms with Crippen LogP contribution in [0.1, 0.15) is 32.9 Å². The number of aryl methyl sites for hydroxylation is 2. The quantitative estimate of drug-likeness (QED) is 0.334. The van der Waals surface area contributed by atoms with E-state index in [0.29, 0.717) is 11.1 Å². The number of hydrogen-bond acceptors (Lipinski definition) is 5. The molecular weight excluding hydrogens is 452 g/mol. The molecule has 0 saturated carbocycles. The van der Waals surface area contributed by atoms with Gasteiger partial charge in [-0.3, -0.25) is 9.59 Å². The summed E-state index contributed by atoms with van der Waals surface area (Å²) < 4.78 is 33.3. The van der Waals surface area contributed by atoms with Crippen LogP contribution in [0.25, 0.3) is 6.08 Å². The van der Waals surface area contributed by atoms with Crippen molar-refractivity contribution in [2.24, 2.45) is 0 Å². The number of sulfonamides is 1. The van der Waals surface area contributed by atoms with Gasteiger partial charge in [-0.25, -0.2) is 13.1 Å². The molecule has 0 unspecified atom stereocenters. The molecule has 0 atom stereocenters. The molecule has 0 fully saturated rings. The van der Waals surface area contributed by atoms with Crippen LogP contribution in [0.3, 0.4) is 0 Å². The number of nitrogens with zero attached hydrogens (tertiary/aromatic N) is 1.